The Bertz CT molecular complexity index is 308. The normalized spacial score (nSPS) is 9.46. The van der Waals surface area contributed by atoms with Gasteiger partial charge >= 0.3 is 0 Å². The lowest BCUT2D eigenvalue weighted by molar-refractivity contribution is 0.756. The summed E-state index contributed by atoms with van der Waals surface area (Å²) in [5, 5.41) is 7.26. The smallest absolute Gasteiger partial charge is 0.113 e. The molecular formula is C10H15N3. The van der Waals surface area contributed by atoms with Crippen molar-refractivity contribution in [1.29, 1.82) is 0 Å². The van der Waals surface area contributed by atoms with Crippen LogP contribution in [-0.4, -0.2) is 22.9 Å². The van der Waals surface area contributed by atoms with Crippen molar-refractivity contribution in [3.63, 3.8) is 0 Å². The zero-order chi connectivity index (χ0) is 9.68. The van der Waals surface area contributed by atoms with Crippen molar-refractivity contribution in [2.75, 3.05) is 13.1 Å². The summed E-state index contributed by atoms with van der Waals surface area (Å²) >= 11 is 0. The molecular weight excluding hydrogens is 162 g/mol. The molecule has 0 amide bonds. The standard InChI is InChI=1S/C10H15N3/c1-4-11-7-5-6-10-9(2)8-12-13(10)3/h8,11H,4,7H2,1-3H3. The second-order valence-electron chi connectivity index (χ2n) is 2.88. The van der Waals surface area contributed by atoms with E-state index >= 15 is 0 Å². The number of nitrogens with zero attached hydrogens (tertiary/aromatic N) is 2. The maximum Gasteiger partial charge on any atom is 0.113 e. The van der Waals surface area contributed by atoms with Crippen LogP contribution < -0.4 is 5.32 Å². The highest BCUT2D eigenvalue weighted by atomic mass is 15.3. The summed E-state index contributed by atoms with van der Waals surface area (Å²) in [5.41, 5.74) is 2.13. The second-order valence-corrected chi connectivity index (χ2v) is 2.88. The fraction of sp³-hybridized carbons (Fsp3) is 0.500. The van der Waals surface area contributed by atoms with Crippen molar-refractivity contribution in [3.8, 4) is 11.8 Å². The Hall–Kier alpha value is -1.27. The van der Waals surface area contributed by atoms with Crippen LogP contribution in [0.5, 0.6) is 0 Å². The van der Waals surface area contributed by atoms with E-state index in [1.54, 1.807) is 4.68 Å². The Morgan fingerprint density at radius 3 is 2.92 bits per heavy atom. The molecule has 0 radical (unpaired) electrons. The van der Waals surface area contributed by atoms with Crippen LogP contribution in [0.15, 0.2) is 6.20 Å². The van der Waals surface area contributed by atoms with Crippen LogP contribution in [0.1, 0.15) is 18.2 Å². The molecule has 0 fully saturated rings. The van der Waals surface area contributed by atoms with Crippen molar-refractivity contribution in [2.24, 2.45) is 7.05 Å². The van der Waals surface area contributed by atoms with Gasteiger partial charge in [0.15, 0.2) is 0 Å². The molecule has 1 heterocycles. The van der Waals surface area contributed by atoms with Gasteiger partial charge in [-0.2, -0.15) is 5.10 Å². The van der Waals surface area contributed by atoms with Gasteiger partial charge in [-0.3, -0.25) is 4.68 Å². The quantitative estimate of drug-likeness (QED) is 0.532. The molecule has 0 saturated carbocycles. The van der Waals surface area contributed by atoms with Crippen molar-refractivity contribution in [2.45, 2.75) is 13.8 Å². The molecule has 0 spiro atoms. The van der Waals surface area contributed by atoms with Crippen molar-refractivity contribution >= 4 is 0 Å². The first-order valence-corrected chi connectivity index (χ1v) is 4.44. The van der Waals surface area contributed by atoms with Crippen molar-refractivity contribution in [1.82, 2.24) is 15.1 Å². The largest absolute Gasteiger partial charge is 0.306 e. The maximum atomic E-state index is 4.11. The Morgan fingerprint density at radius 2 is 2.38 bits per heavy atom. The third-order valence-electron chi connectivity index (χ3n) is 1.79. The average molecular weight is 177 g/mol. The molecule has 0 saturated heterocycles. The molecule has 1 aromatic rings. The van der Waals surface area contributed by atoms with E-state index in [1.807, 2.05) is 20.2 Å². The average Bonchev–Trinajstić information content (AvgIpc) is 2.42. The number of hydrogen-bond donors (Lipinski definition) is 1. The minimum atomic E-state index is 0.737. The third kappa shape index (κ3) is 2.60. The lowest BCUT2D eigenvalue weighted by Gasteiger charge is -1.93. The van der Waals surface area contributed by atoms with Gasteiger partial charge in [-0.15, -0.1) is 0 Å². The second kappa shape index (κ2) is 4.68. The highest BCUT2D eigenvalue weighted by Crippen LogP contribution is 2.02. The van der Waals surface area contributed by atoms with Gasteiger partial charge in [-0.25, -0.2) is 0 Å². The first-order valence-electron chi connectivity index (χ1n) is 4.44. The highest BCUT2D eigenvalue weighted by Gasteiger charge is 1.98. The molecule has 0 bridgehead atoms. The van der Waals surface area contributed by atoms with E-state index < -0.39 is 0 Å². The van der Waals surface area contributed by atoms with E-state index in [0.29, 0.717) is 0 Å². The molecule has 0 aliphatic rings. The topological polar surface area (TPSA) is 29.9 Å². The maximum absolute atomic E-state index is 4.11. The first kappa shape index (κ1) is 9.82. The van der Waals surface area contributed by atoms with E-state index in [1.165, 1.54) is 0 Å². The summed E-state index contributed by atoms with van der Waals surface area (Å²) in [6.45, 7) is 5.78. The molecule has 3 heteroatoms. The van der Waals surface area contributed by atoms with Gasteiger partial charge in [0, 0.05) is 12.6 Å². The molecule has 70 valence electrons. The Labute approximate surface area is 79.1 Å². The van der Waals surface area contributed by atoms with Crippen LogP contribution in [0.3, 0.4) is 0 Å². The van der Waals surface area contributed by atoms with E-state index in [9.17, 15) is 0 Å². The van der Waals surface area contributed by atoms with Gasteiger partial charge < -0.3 is 5.32 Å². The molecule has 0 atom stereocenters. The van der Waals surface area contributed by atoms with Crippen LogP contribution in [0.25, 0.3) is 0 Å². The molecule has 1 rings (SSSR count). The van der Waals surface area contributed by atoms with E-state index in [0.717, 1.165) is 24.3 Å². The van der Waals surface area contributed by atoms with Gasteiger partial charge in [0.25, 0.3) is 0 Å². The molecule has 3 nitrogen and oxygen atoms in total. The molecule has 0 unspecified atom stereocenters. The van der Waals surface area contributed by atoms with Crippen molar-refractivity contribution in [3.05, 3.63) is 17.5 Å². The number of rotatable bonds is 2. The zero-order valence-electron chi connectivity index (χ0n) is 8.39. The summed E-state index contributed by atoms with van der Waals surface area (Å²) in [6.07, 6.45) is 1.83. The highest BCUT2D eigenvalue weighted by molar-refractivity contribution is 5.34. The van der Waals surface area contributed by atoms with Crippen LogP contribution in [0.2, 0.25) is 0 Å². The van der Waals surface area contributed by atoms with Gasteiger partial charge in [-0.1, -0.05) is 12.8 Å². The number of aryl methyl sites for hydroxylation is 2. The predicted molar refractivity (Wildman–Crippen MR) is 53.4 cm³/mol. The fourth-order valence-electron chi connectivity index (χ4n) is 1.04. The number of aromatic nitrogens is 2. The molecule has 0 aromatic carbocycles. The van der Waals surface area contributed by atoms with Crippen LogP contribution in [0.4, 0.5) is 0 Å². The lowest BCUT2D eigenvalue weighted by atomic mass is 10.3. The Kier molecular flexibility index (Phi) is 3.53. The first-order chi connectivity index (χ1) is 6.25. The number of nitrogens with one attached hydrogen (secondary N) is 1. The minimum absolute atomic E-state index is 0.737. The van der Waals surface area contributed by atoms with Gasteiger partial charge in [-0.05, 0) is 19.4 Å². The zero-order valence-corrected chi connectivity index (χ0v) is 8.39. The lowest BCUT2D eigenvalue weighted by Crippen LogP contribution is -2.12. The van der Waals surface area contributed by atoms with Crippen LogP contribution in [-0.2, 0) is 7.05 Å². The van der Waals surface area contributed by atoms with E-state index in [-0.39, 0.29) is 0 Å². The minimum Gasteiger partial charge on any atom is -0.306 e. The van der Waals surface area contributed by atoms with Crippen LogP contribution in [0, 0.1) is 18.8 Å². The summed E-state index contributed by atoms with van der Waals surface area (Å²) in [7, 11) is 1.91. The summed E-state index contributed by atoms with van der Waals surface area (Å²) in [5.74, 6) is 6.13. The molecule has 0 aliphatic heterocycles. The van der Waals surface area contributed by atoms with E-state index in [4.69, 9.17) is 0 Å². The fourth-order valence-corrected chi connectivity index (χ4v) is 1.04. The summed E-state index contributed by atoms with van der Waals surface area (Å²) in [6, 6.07) is 0. The molecule has 1 N–H and O–H groups in total. The number of hydrogen-bond acceptors (Lipinski definition) is 2. The summed E-state index contributed by atoms with van der Waals surface area (Å²) < 4.78 is 1.80. The Morgan fingerprint density at radius 1 is 1.62 bits per heavy atom. The van der Waals surface area contributed by atoms with Gasteiger partial charge in [0.05, 0.1) is 12.7 Å². The van der Waals surface area contributed by atoms with Gasteiger partial charge in [0.2, 0.25) is 0 Å². The Balaban J connectivity index is 2.65. The van der Waals surface area contributed by atoms with E-state index in [2.05, 4.69) is 29.2 Å². The molecule has 0 aliphatic carbocycles. The summed E-state index contributed by atoms with van der Waals surface area (Å²) in [4.78, 5) is 0. The van der Waals surface area contributed by atoms with Crippen LogP contribution >= 0.6 is 0 Å². The third-order valence-corrected chi connectivity index (χ3v) is 1.79. The molecule has 13 heavy (non-hydrogen) atoms. The predicted octanol–water partition coefficient (Wildman–Crippen LogP) is 0.690. The SMILES string of the molecule is CCNCC#Cc1c(C)cnn1C. The van der Waals surface area contributed by atoms with Gasteiger partial charge in [0.1, 0.15) is 5.69 Å². The monoisotopic (exact) mass is 177 g/mol. The van der Waals surface area contributed by atoms with Crippen molar-refractivity contribution < 1.29 is 0 Å². The molecule has 1 aromatic heterocycles.